The molecule has 3 fully saturated rings. The number of rotatable bonds is 13. The number of nitrogens with zero attached hydrogens (tertiary/aromatic N) is 3. The minimum absolute atomic E-state index is 0.0266. The topological polar surface area (TPSA) is 90.4 Å². The Morgan fingerprint density at radius 1 is 1.09 bits per heavy atom. The van der Waals surface area contributed by atoms with E-state index < -0.39 is 22.6 Å². The molecule has 0 saturated carbocycles. The van der Waals surface area contributed by atoms with Gasteiger partial charge in [0.25, 0.3) is 0 Å². The number of carbonyl (C=O) groups is 3. The smallest absolute Gasteiger partial charge is 0.247 e. The number of benzene rings is 2. The lowest BCUT2D eigenvalue weighted by atomic mass is 9.65. The minimum atomic E-state index is -0.790. The molecule has 2 aromatic rings. The van der Waals surface area contributed by atoms with E-state index >= 15 is 0 Å². The second-order valence-electron chi connectivity index (χ2n) is 11.5. The molecule has 0 radical (unpaired) electrons. The molecule has 3 aliphatic heterocycles. The number of β-amino-alcohol motifs (C(OH)–C–C–N with tert-alkyl or cyclic N) is 1. The molecule has 3 unspecified atom stereocenters. The van der Waals surface area contributed by atoms with Crippen LogP contribution in [0.4, 0.5) is 5.69 Å². The number of anilines is 1. The van der Waals surface area contributed by atoms with E-state index in [0.717, 1.165) is 12.0 Å². The molecular formula is C34H41N3O5S. The average Bonchev–Trinajstić information content (AvgIpc) is 3.60. The van der Waals surface area contributed by atoms with Gasteiger partial charge in [-0.25, -0.2) is 0 Å². The lowest BCUT2D eigenvalue weighted by Gasteiger charge is -2.41. The van der Waals surface area contributed by atoms with Gasteiger partial charge in [0.1, 0.15) is 11.8 Å². The Morgan fingerprint density at radius 2 is 1.79 bits per heavy atom. The number of likely N-dealkylation sites (tertiary alicyclic amines) is 1. The molecule has 3 amide bonds. The van der Waals surface area contributed by atoms with Crippen molar-refractivity contribution in [3.63, 3.8) is 0 Å². The zero-order valence-corrected chi connectivity index (χ0v) is 25.7. The first-order valence-corrected chi connectivity index (χ1v) is 15.9. The van der Waals surface area contributed by atoms with E-state index in [9.17, 15) is 19.5 Å². The van der Waals surface area contributed by atoms with Gasteiger partial charge in [0.2, 0.25) is 17.7 Å². The monoisotopic (exact) mass is 603 g/mol. The first-order valence-electron chi connectivity index (χ1n) is 15.0. The summed E-state index contributed by atoms with van der Waals surface area (Å²) in [6, 6.07) is 16.3. The Labute approximate surface area is 258 Å². The second kappa shape index (κ2) is 13.0. The number of thioether (sulfide) groups is 1. The van der Waals surface area contributed by atoms with Crippen molar-refractivity contribution in [1.82, 2.24) is 9.80 Å². The highest BCUT2D eigenvalue weighted by atomic mass is 32.2. The lowest BCUT2D eigenvalue weighted by Crippen LogP contribution is -2.57. The highest BCUT2D eigenvalue weighted by Crippen LogP contribution is 2.69. The summed E-state index contributed by atoms with van der Waals surface area (Å²) < 4.78 is 4.81. The Morgan fingerprint density at radius 3 is 2.42 bits per heavy atom. The van der Waals surface area contributed by atoms with E-state index in [4.69, 9.17) is 4.74 Å². The molecule has 9 heteroatoms. The number of aliphatic hydroxyl groups is 1. The van der Waals surface area contributed by atoms with E-state index in [1.807, 2.05) is 61.5 Å². The van der Waals surface area contributed by atoms with Gasteiger partial charge in [-0.15, -0.1) is 24.9 Å². The summed E-state index contributed by atoms with van der Waals surface area (Å²) in [4.78, 5) is 48.3. The summed E-state index contributed by atoms with van der Waals surface area (Å²) in [5, 5.41) is 9.92. The van der Waals surface area contributed by atoms with E-state index in [2.05, 4.69) is 20.1 Å². The molecule has 8 nitrogen and oxygen atoms in total. The molecular weight excluding hydrogens is 562 g/mol. The van der Waals surface area contributed by atoms with E-state index in [0.29, 0.717) is 31.1 Å². The normalized spacial score (nSPS) is 27.1. The Balaban J connectivity index is 1.51. The van der Waals surface area contributed by atoms with Crippen LogP contribution in [0.15, 0.2) is 79.9 Å². The van der Waals surface area contributed by atoms with Crippen molar-refractivity contribution in [2.45, 2.75) is 42.9 Å². The van der Waals surface area contributed by atoms with Crippen LogP contribution < -0.4 is 9.64 Å². The third kappa shape index (κ3) is 5.38. The lowest BCUT2D eigenvalue weighted by molar-refractivity contribution is -0.143. The summed E-state index contributed by atoms with van der Waals surface area (Å²) in [6.07, 6.45) is 4.11. The van der Waals surface area contributed by atoms with E-state index in [1.165, 1.54) is 0 Å². The highest BCUT2D eigenvalue weighted by Gasteiger charge is 2.76. The van der Waals surface area contributed by atoms with Crippen LogP contribution in [-0.4, -0.2) is 81.5 Å². The van der Waals surface area contributed by atoms with Crippen LogP contribution in [0.3, 0.4) is 0 Å². The fourth-order valence-corrected chi connectivity index (χ4v) is 9.72. The van der Waals surface area contributed by atoms with Gasteiger partial charge >= 0.3 is 0 Å². The van der Waals surface area contributed by atoms with Crippen LogP contribution in [0.2, 0.25) is 0 Å². The van der Waals surface area contributed by atoms with E-state index in [1.54, 1.807) is 38.6 Å². The van der Waals surface area contributed by atoms with Crippen molar-refractivity contribution in [3.8, 4) is 5.75 Å². The average molecular weight is 604 g/mol. The van der Waals surface area contributed by atoms with Crippen molar-refractivity contribution < 1.29 is 24.2 Å². The summed E-state index contributed by atoms with van der Waals surface area (Å²) >= 11 is 1.63. The van der Waals surface area contributed by atoms with Crippen LogP contribution in [0.5, 0.6) is 5.75 Å². The third-order valence-electron chi connectivity index (χ3n) is 9.02. The van der Waals surface area contributed by atoms with Crippen LogP contribution in [0, 0.1) is 17.8 Å². The quantitative estimate of drug-likeness (QED) is 0.346. The van der Waals surface area contributed by atoms with Crippen molar-refractivity contribution >= 4 is 35.2 Å². The van der Waals surface area contributed by atoms with Crippen molar-refractivity contribution in [2.75, 3.05) is 37.7 Å². The summed E-state index contributed by atoms with van der Waals surface area (Å²) in [5.74, 6) is -1.06. The molecule has 2 aromatic carbocycles. The zero-order valence-electron chi connectivity index (χ0n) is 24.9. The molecule has 228 valence electrons. The van der Waals surface area contributed by atoms with Gasteiger partial charge in [-0.3, -0.25) is 14.4 Å². The second-order valence-corrected chi connectivity index (χ2v) is 13.0. The van der Waals surface area contributed by atoms with Gasteiger partial charge in [0.15, 0.2) is 0 Å². The summed E-state index contributed by atoms with van der Waals surface area (Å²) in [7, 11) is 0. The zero-order chi connectivity index (χ0) is 30.7. The predicted molar refractivity (Wildman–Crippen MR) is 170 cm³/mol. The maximum absolute atomic E-state index is 14.5. The van der Waals surface area contributed by atoms with Crippen LogP contribution >= 0.6 is 11.8 Å². The van der Waals surface area contributed by atoms with E-state index in [-0.39, 0.29) is 48.6 Å². The number of fused-ring (bicyclic) bond motifs is 1. The van der Waals surface area contributed by atoms with Gasteiger partial charge < -0.3 is 24.5 Å². The minimum Gasteiger partial charge on any atom is -0.494 e. The Kier molecular flexibility index (Phi) is 9.32. The fraction of sp³-hybridized carbons (Fsp3) is 0.441. The molecule has 3 saturated heterocycles. The van der Waals surface area contributed by atoms with Gasteiger partial charge in [0, 0.05) is 37.1 Å². The molecule has 3 aliphatic rings. The first-order chi connectivity index (χ1) is 20.8. The SMILES string of the molecule is C=CCN(Cc1ccccc1)C(=O)C1N(CCO)C(=O)[C@@H]2[C@@H](C(=O)N(CC=C)c3ccc(OCC)cc3)[C@H]3CC(C)C12S3. The Bertz CT molecular complexity index is 1350. The number of carbonyl (C=O) groups excluding carboxylic acids is 3. The molecule has 0 aliphatic carbocycles. The first kappa shape index (κ1) is 30.9. The fourth-order valence-electron chi connectivity index (χ4n) is 7.31. The van der Waals surface area contributed by atoms with Gasteiger partial charge in [0.05, 0.1) is 29.8 Å². The summed E-state index contributed by atoms with van der Waals surface area (Å²) in [5.41, 5.74) is 1.68. The molecule has 5 rings (SSSR count). The highest BCUT2D eigenvalue weighted by molar-refractivity contribution is 8.02. The largest absolute Gasteiger partial charge is 0.494 e. The summed E-state index contributed by atoms with van der Waals surface area (Å²) in [6.45, 7) is 13.1. The molecule has 43 heavy (non-hydrogen) atoms. The molecule has 1 N–H and O–H groups in total. The van der Waals surface area contributed by atoms with Gasteiger partial charge in [-0.1, -0.05) is 49.4 Å². The molecule has 0 aromatic heterocycles. The Hall–Kier alpha value is -3.56. The van der Waals surface area contributed by atoms with Crippen LogP contribution in [0.1, 0.15) is 25.8 Å². The van der Waals surface area contributed by atoms with Crippen molar-refractivity contribution in [1.29, 1.82) is 0 Å². The number of ether oxygens (including phenoxy) is 1. The molecule has 6 atom stereocenters. The molecule has 1 spiro atoms. The van der Waals surface area contributed by atoms with Crippen LogP contribution in [-0.2, 0) is 20.9 Å². The van der Waals surface area contributed by atoms with Gasteiger partial charge in [-0.05, 0) is 49.1 Å². The number of hydrogen-bond donors (Lipinski definition) is 1. The molecule has 3 heterocycles. The van der Waals surface area contributed by atoms with Crippen LogP contribution in [0.25, 0.3) is 0 Å². The predicted octanol–water partition coefficient (Wildman–Crippen LogP) is 4.15. The number of aliphatic hydroxyl groups excluding tert-OH is 1. The van der Waals surface area contributed by atoms with Crippen molar-refractivity contribution in [2.24, 2.45) is 17.8 Å². The number of amides is 3. The maximum Gasteiger partial charge on any atom is 0.247 e. The number of hydrogen-bond acceptors (Lipinski definition) is 6. The third-order valence-corrected chi connectivity index (χ3v) is 11.1. The van der Waals surface area contributed by atoms with Crippen molar-refractivity contribution in [3.05, 3.63) is 85.5 Å². The van der Waals surface area contributed by atoms with Gasteiger partial charge in [-0.2, -0.15) is 0 Å². The molecule has 2 bridgehead atoms. The maximum atomic E-state index is 14.5. The standard InChI is InChI=1S/C34H41N3O5S/c1-5-17-35(22-24-11-9-8-10-12-24)33(41)30-34-23(4)21-27(43-34)28(29(34)32(40)37(30)19-20-38)31(39)36(18-6-2)25-13-15-26(16-14-25)42-7-3/h5-6,8-16,23,27-30,38H,1-2,7,17-22H2,3-4H3/t23?,27-,28+,29+,30?,34?/m1/s1.